The summed E-state index contributed by atoms with van der Waals surface area (Å²) in [7, 11) is 5.45. The number of rotatable bonds is 7. The Hall–Kier alpha value is -1.10. The van der Waals surface area contributed by atoms with Crippen molar-refractivity contribution in [1.82, 2.24) is 5.32 Å². The number of methoxy groups -OCH3 is 2. The third-order valence-electron chi connectivity index (χ3n) is 4.27. The molecule has 1 aromatic carbocycles. The lowest BCUT2D eigenvalue weighted by Gasteiger charge is -2.30. The first-order valence-corrected chi connectivity index (χ1v) is 7.73. The largest absolute Gasteiger partial charge is 0.496 e. The van der Waals surface area contributed by atoms with Crippen LogP contribution in [0.25, 0.3) is 0 Å². The molecule has 2 rings (SSSR count). The van der Waals surface area contributed by atoms with Crippen LogP contribution in [0.3, 0.4) is 0 Å². The van der Waals surface area contributed by atoms with E-state index < -0.39 is 0 Å². The summed E-state index contributed by atoms with van der Waals surface area (Å²) in [4.78, 5) is 0. The summed E-state index contributed by atoms with van der Waals surface area (Å²) in [6.07, 6.45) is 5.11. The van der Waals surface area contributed by atoms with E-state index in [1.807, 2.05) is 25.2 Å². The highest BCUT2D eigenvalue weighted by Crippen LogP contribution is 2.27. The molecule has 1 N–H and O–H groups in total. The van der Waals surface area contributed by atoms with Crippen molar-refractivity contribution in [2.45, 2.75) is 43.9 Å². The van der Waals surface area contributed by atoms with Crippen molar-refractivity contribution in [2.75, 3.05) is 27.9 Å². The molecule has 0 aromatic heterocycles. The second-order valence-corrected chi connectivity index (χ2v) is 5.56. The average molecular weight is 293 g/mol. The highest BCUT2D eigenvalue weighted by atomic mass is 16.5. The standard InChI is InChI=1S/C17H27NO3/c1-18-16(15-9-4-5-10-17(15)20-3)12-21-14-8-6-7-13(11-14)19-2/h4-5,9-10,13-14,16,18H,6-8,11-12H2,1-3H3. The molecule has 0 bridgehead atoms. The number of ether oxygens (including phenoxy) is 3. The molecule has 0 heterocycles. The molecule has 0 spiro atoms. The first kappa shape index (κ1) is 16.3. The SMILES string of the molecule is CNC(COC1CCCC(OC)C1)c1ccccc1OC. The van der Waals surface area contributed by atoms with E-state index >= 15 is 0 Å². The maximum atomic E-state index is 6.12. The lowest BCUT2D eigenvalue weighted by Crippen LogP contribution is -2.31. The molecule has 0 aliphatic heterocycles. The van der Waals surface area contributed by atoms with E-state index in [1.54, 1.807) is 14.2 Å². The maximum absolute atomic E-state index is 6.12. The highest BCUT2D eigenvalue weighted by molar-refractivity contribution is 5.35. The molecule has 1 aliphatic rings. The van der Waals surface area contributed by atoms with Gasteiger partial charge in [0.1, 0.15) is 5.75 Å². The normalized spacial score (nSPS) is 23.8. The predicted molar refractivity (Wildman–Crippen MR) is 83.8 cm³/mol. The van der Waals surface area contributed by atoms with E-state index in [0.717, 1.165) is 30.6 Å². The Morgan fingerprint density at radius 3 is 2.67 bits per heavy atom. The Balaban J connectivity index is 1.93. The fraction of sp³-hybridized carbons (Fsp3) is 0.647. The molecule has 0 saturated heterocycles. The van der Waals surface area contributed by atoms with Gasteiger partial charge in [-0.25, -0.2) is 0 Å². The molecule has 3 atom stereocenters. The second kappa shape index (κ2) is 8.37. The molecule has 0 radical (unpaired) electrons. The van der Waals surface area contributed by atoms with Crippen LogP contribution in [0, 0.1) is 0 Å². The van der Waals surface area contributed by atoms with E-state index in [2.05, 4.69) is 11.4 Å². The van der Waals surface area contributed by atoms with Crippen LogP contribution >= 0.6 is 0 Å². The Morgan fingerprint density at radius 1 is 1.19 bits per heavy atom. The Bertz CT molecular complexity index is 424. The van der Waals surface area contributed by atoms with Crippen LogP contribution in [0.1, 0.15) is 37.3 Å². The summed E-state index contributed by atoms with van der Waals surface area (Å²) in [5.41, 5.74) is 1.14. The highest BCUT2D eigenvalue weighted by Gasteiger charge is 2.23. The molecule has 1 aliphatic carbocycles. The van der Waals surface area contributed by atoms with Crippen molar-refractivity contribution in [3.63, 3.8) is 0 Å². The van der Waals surface area contributed by atoms with Gasteiger partial charge in [0.2, 0.25) is 0 Å². The zero-order chi connectivity index (χ0) is 15.1. The minimum atomic E-state index is 0.143. The summed E-state index contributed by atoms with van der Waals surface area (Å²) >= 11 is 0. The molecule has 0 amide bonds. The van der Waals surface area contributed by atoms with Gasteiger partial charge in [0, 0.05) is 12.7 Å². The van der Waals surface area contributed by atoms with Gasteiger partial charge in [0.15, 0.2) is 0 Å². The van der Waals surface area contributed by atoms with Gasteiger partial charge in [-0.1, -0.05) is 18.2 Å². The number of benzene rings is 1. The van der Waals surface area contributed by atoms with Gasteiger partial charge in [0.05, 0.1) is 32.0 Å². The molecule has 21 heavy (non-hydrogen) atoms. The number of hydrogen-bond donors (Lipinski definition) is 1. The number of para-hydroxylation sites is 1. The van der Waals surface area contributed by atoms with Gasteiger partial charge in [-0.2, -0.15) is 0 Å². The Labute approximate surface area is 127 Å². The van der Waals surface area contributed by atoms with E-state index in [1.165, 1.54) is 6.42 Å². The van der Waals surface area contributed by atoms with Crippen molar-refractivity contribution in [3.05, 3.63) is 29.8 Å². The van der Waals surface area contributed by atoms with Crippen LogP contribution in [0.5, 0.6) is 5.75 Å². The predicted octanol–water partition coefficient (Wildman–Crippen LogP) is 2.93. The smallest absolute Gasteiger partial charge is 0.123 e. The van der Waals surface area contributed by atoms with Gasteiger partial charge < -0.3 is 19.5 Å². The zero-order valence-corrected chi connectivity index (χ0v) is 13.3. The summed E-state index contributed by atoms with van der Waals surface area (Å²) < 4.78 is 17.0. The molecular weight excluding hydrogens is 266 g/mol. The summed E-state index contributed by atoms with van der Waals surface area (Å²) in [5, 5.41) is 3.32. The van der Waals surface area contributed by atoms with Gasteiger partial charge in [-0.3, -0.25) is 0 Å². The molecule has 4 heteroatoms. The quantitative estimate of drug-likeness (QED) is 0.839. The van der Waals surface area contributed by atoms with E-state index in [9.17, 15) is 0 Å². The molecule has 1 saturated carbocycles. The molecule has 3 unspecified atom stereocenters. The first-order valence-electron chi connectivity index (χ1n) is 7.73. The van der Waals surface area contributed by atoms with Gasteiger partial charge in [-0.05, 0) is 38.8 Å². The number of nitrogens with one attached hydrogen (secondary N) is 1. The lowest BCUT2D eigenvalue weighted by atomic mass is 9.95. The lowest BCUT2D eigenvalue weighted by molar-refractivity contribution is -0.0353. The fourth-order valence-electron chi connectivity index (χ4n) is 2.98. The molecular formula is C17H27NO3. The van der Waals surface area contributed by atoms with Crippen LogP contribution in [0.2, 0.25) is 0 Å². The number of likely N-dealkylation sites (N-methyl/N-ethyl adjacent to an activating group) is 1. The van der Waals surface area contributed by atoms with Gasteiger partial charge in [-0.15, -0.1) is 0 Å². The minimum absolute atomic E-state index is 0.143. The van der Waals surface area contributed by atoms with Crippen molar-refractivity contribution in [3.8, 4) is 5.75 Å². The maximum Gasteiger partial charge on any atom is 0.123 e. The fourth-order valence-corrected chi connectivity index (χ4v) is 2.98. The van der Waals surface area contributed by atoms with Crippen molar-refractivity contribution < 1.29 is 14.2 Å². The summed E-state index contributed by atoms with van der Waals surface area (Å²) in [5.74, 6) is 0.902. The molecule has 1 aromatic rings. The minimum Gasteiger partial charge on any atom is -0.496 e. The van der Waals surface area contributed by atoms with E-state index in [-0.39, 0.29) is 6.04 Å². The molecule has 1 fully saturated rings. The third kappa shape index (κ3) is 4.43. The average Bonchev–Trinajstić information content (AvgIpc) is 2.56. The van der Waals surface area contributed by atoms with Crippen LogP contribution in [-0.4, -0.2) is 40.1 Å². The Morgan fingerprint density at radius 2 is 1.95 bits per heavy atom. The summed E-state index contributed by atoms with van der Waals surface area (Å²) in [6, 6.07) is 8.23. The topological polar surface area (TPSA) is 39.7 Å². The van der Waals surface area contributed by atoms with Crippen molar-refractivity contribution in [2.24, 2.45) is 0 Å². The van der Waals surface area contributed by atoms with Crippen LogP contribution < -0.4 is 10.1 Å². The van der Waals surface area contributed by atoms with Gasteiger partial charge in [0.25, 0.3) is 0 Å². The Kier molecular flexibility index (Phi) is 6.49. The molecule has 118 valence electrons. The van der Waals surface area contributed by atoms with E-state index in [0.29, 0.717) is 18.8 Å². The van der Waals surface area contributed by atoms with Crippen LogP contribution in [0.15, 0.2) is 24.3 Å². The van der Waals surface area contributed by atoms with Crippen molar-refractivity contribution in [1.29, 1.82) is 0 Å². The van der Waals surface area contributed by atoms with Crippen LogP contribution in [0.4, 0.5) is 0 Å². The summed E-state index contributed by atoms with van der Waals surface area (Å²) in [6.45, 7) is 0.651. The first-order chi connectivity index (χ1) is 10.3. The third-order valence-corrected chi connectivity index (χ3v) is 4.27. The van der Waals surface area contributed by atoms with Crippen LogP contribution in [-0.2, 0) is 9.47 Å². The zero-order valence-electron chi connectivity index (χ0n) is 13.3. The van der Waals surface area contributed by atoms with Gasteiger partial charge >= 0.3 is 0 Å². The monoisotopic (exact) mass is 293 g/mol. The van der Waals surface area contributed by atoms with Crippen molar-refractivity contribution >= 4 is 0 Å². The number of hydrogen-bond acceptors (Lipinski definition) is 4. The van der Waals surface area contributed by atoms with E-state index in [4.69, 9.17) is 14.2 Å². The second-order valence-electron chi connectivity index (χ2n) is 5.56. The molecule has 4 nitrogen and oxygen atoms in total.